The molecule has 2 N–H and O–H groups in total. The van der Waals surface area contributed by atoms with Gasteiger partial charge in [-0.1, -0.05) is 0 Å². The number of hydrogen-bond donors (Lipinski definition) is 1. The van der Waals surface area contributed by atoms with Gasteiger partial charge in [-0.3, -0.25) is 10.1 Å². The summed E-state index contributed by atoms with van der Waals surface area (Å²) in [5.74, 6) is -0.792. The van der Waals surface area contributed by atoms with E-state index in [0.717, 1.165) is 18.2 Å². The summed E-state index contributed by atoms with van der Waals surface area (Å²) in [6.07, 6.45) is 0. The van der Waals surface area contributed by atoms with Crippen LogP contribution < -0.4 is 5.73 Å². The molecular formula is C12H8Br2F2N2O2. The molecule has 2 aromatic carbocycles. The lowest BCUT2D eigenvalue weighted by atomic mass is 10.3. The Labute approximate surface area is 130 Å². The normalized spacial score (nSPS) is 9.60. The number of nitrogens with two attached hydrogens (primary N) is 1. The lowest BCUT2D eigenvalue weighted by Crippen LogP contribution is -1.88. The molecule has 106 valence electrons. The Morgan fingerprint density at radius 3 is 1.90 bits per heavy atom. The molecule has 0 fully saturated rings. The Hall–Kier alpha value is -1.54. The molecule has 0 bridgehead atoms. The van der Waals surface area contributed by atoms with Gasteiger partial charge in [0, 0.05) is 17.8 Å². The van der Waals surface area contributed by atoms with E-state index >= 15 is 0 Å². The van der Waals surface area contributed by atoms with E-state index in [1.54, 1.807) is 0 Å². The highest BCUT2D eigenvalue weighted by Crippen LogP contribution is 2.21. The minimum absolute atomic E-state index is 0.103. The Morgan fingerprint density at radius 2 is 1.50 bits per heavy atom. The van der Waals surface area contributed by atoms with Crippen LogP contribution in [0.5, 0.6) is 0 Å². The van der Waals surface area contributed by atoms with Crippen molar-refractivity contribution in [1.29, 1.82) is 0 Å². The summed E-state index contributed by atoms with van der Waals surface area (Å²) < 4.78 is 25.4. The standard InChI is InChI=1S/C6H3BrFNO2.C6H5BrFN/c7-5-3-4(9(10)11)1-2-6(5)8;7-5-3-4(9)1-2-6(5)8/h1-3H;1-3H,9H2. The fraction of sp³-hybridized carbons (Fsp3) is 0. The molecule has 20 heavy (non-hydrogen) atoms. The van der Waals surface area contributed by atoms with Crippen molar-refractivity contribution < 1.29 is 13.7 Å². The molecule has 0 aromatic heterocycles. The molecule has 0 aliphatic heterocycles. The Kier molecular flexibility index (Phi) is 6.03. The van der Waals surface area contributed by atoms with Crippen LogP contribution in [0.15, 0.2) is 45.3 Å². The monoisotopic (exact) mass is 408 g/mol. The van der Waals surface area contributed by atoms with Gasteiger partial charge in [0.1, 0.15) is 11.6 Å². The number of nitro benzene ring substituents is 1. The SMILES string of the molecule is Nc1ccc(F)c(Br)c1.O=[N+]([O-])c1ccc(F)c(Br)c1. The second-order valence-electron chi connectivity index (χ2n) is 3.53. The van der Waals surface area contributed by atoms with Crippen LogP contribution in [0.2, 0.25) is 0 Å². The topological polar surface area (TPSA) is 69.2 Å². The minimum Gasteiger partial charge on any atom is -0.399 e. The molecule has 0 saturated heterocycles. The Bertz CT molecular complexity index is 639. The Balaban J connectivity index is 0.000000204. The summed E-state index contributed by atoms with van der Waals surface area (Å²) >= 11 is 5.83. The van der Waals surface area contributed by atoms with Gasteiger partial charge in [0.05, 0.1) is 13.9 Å². The van der Waals surface area contributed by atoms with Gasteiger partial charge in [-0.05, 0) is 56.1 Å². The van der Waals surface area contributed by atoms with E-state index in [1.165, 1.54) is 18.2 Å². The van der Waals surface area contributed by atoms with Crippen LogP contribution in [0.3, 0.4) is 0 Å². The van der Waals surface area contributed by atoms with E-state index in [1.807, 2.05) is 0 Å². The fourth-order valence-corrected chi connectivity index (χ4v) is 1.87. The van der Waals surface area contributed by atoms with Crippen molar-refractivity contribution in [2.24, 2.45) is 0 Å². The van der Waals surface area contributed by atoms with Crippen molar-refractivity contribution in [3.8, 4) is 0 Å². The maximum Gasteiger partial charge on any atom is 0.270 e. The minimum atomic E-state index is -0.579. The number of hydrogen-bond acceptors (Lipinski definition) is 3. The van der Waals surface area contributed by atoms with E-state index in [9.17, 15) is 18.9 Å². The fourth-order valence-electron chi connectivity index (χ4n) is 1.11. The third-order valence-electron chi connectivity index (χ3n) is 2.06. The molecule has 0 saturated carbocycles. The van der Waals surface area contributed by atoms with E-state index in [2.05, 4.69) is 31.9 Å². The lowest BCUT2D eigenvalue weighted by molar-refractivity contribution is -0.385. The molecular weight excluding hydrogens is 402 g/mol. The number of nitrogens with zero attached hydrogens (tertiary/aromatic N) is 1. The van der Waals surface area contributed by atoms with Crippen LogP contribution >= 0.6 is 31.9 Å². The number of non-ortho nitro benzene ring substituents is 1. The van der Waals surface area contributed by atoms with Crippen LogP contribution in [0.4, 0.5) is 20.2 Å². The third kappa shape index (κ3) is 4.86. The first-order valence-corrected chi connectivity index (χ1v) is 6.70. The van der Waals surface area contributed by atoms with Crippen molar-refractivity contribution in [1.82, 2.24) is 0 Å². The van der Waals surface area contributed by atoms with Crippen LogP contribution in [-0.4, -0.2) is 4.92 Å². The average molecular weight is 410 g/mol. The summed E-state index contributed by atoms with van der Waals surface area (Å²) in [6, 6.07) is 7.63. The molecule has 2 rings (SSSR count). The third-order valence-corrected chi connectivity index (χ3v) is 3.27. The van der Waals surface area contributed by atoms with Crippen molar-refractivity contribution in [2.75, 3.05) is 5.73 Å². The van der Waals surface area contributed by atoms with Crippen LogP contribution in [0, 0.1) is 21.7 Å². The Morgan fingerprint density at radius 1 is 1.00 bits per heavy atom. The van der Waals surface area contributed by atoms with Gasteiger partial charge in [-0.2, -0.15) is 0 Å². The second-order valence-corrected chi connectivity index (χ2v) is 5.24. The second kappa shape index (κ2) is 7.30. The smallest absolute Gasteiger partial charge is 0.270 e. The maximum atomic E-state index is 12.5. The van der Waals surface area contributed by atoms with Crippen molar-refractivity contribution in [3.63, 3.8) is 0 Å². The van der Waals surface area contributed by atoms with Gasteiger partial charge in [-0.15, -0.1) is 0 Å². The number of nitrogen functional groups attached to an aromatic ring is 1. The van der Waals surface area contributed by atoms with E-state index < -0.39 is 10.7 Å². The molecule has 0 radical (unpaired) electrons. The maximum absolute atomic E-state index is 12.5. The van der Waals surface area contributed by atoms with Gasteiger partial charge in [0.25, 0.3) is 5.69 Å². The predicted octanol–water partition coefficient (Wildman–Crippen LogP) is 4.67. The lowest BCUT2D eigenvalue weighted by Gasteiger charge is -1.93. The summed E-state index contributed by atoms with van der Waals surface area (Å²) in [6.45, 7) is 0. The van der Waals surface area contributed by atoms with Crippen LogP contribution in [0.1, 0.15) is 0 Å². The number of rotatable bonds is 1. The highest BCUT2D eigenvalue weighted by atomic mass is 79.9. The van der Waals surface area contributed by atoms with E-state index in [-0.39, 0.29) is 16.0 Å². The molecule has 0 aliphatic carbocycles. The zero-order chi connectivity index (χ0) is 15.3. The molecule has 0 unspecified atom stereocenters. The van der Waals surface area contributed by atoms with Gasteiger partial charge in [0.15, 0.2) is 0 Å². The molecule has 0 aliphatic rings. The first kappa shape index (κ1) is 16.5. The molecule has 0 atom stereocenters. The van der Waals surface area contributed by atoms with Gasteiger partial charge in [-0.25, -0.2) is 8.78 Å². The quantitative estimate of drug-likeness (QED) is 0.422. The van der Waals surface area contributed by atoms with Crippen molar-refractivity contribution in [3.05, 3.63) is 67.1 Å². The van der Waals surface area contributed by atoms with Crippen LogP contribution in [0.25, 0.3) is 0 Å². The summed E-state index contributed by atoms with van der Waals surface area (Å²) in [5, 5.41) is 10.1. The number of nitro groups is 1. The van der Waals surface area contributed by atoms with Crippen molar-refractivity contribution >= 4 is 43.2 Å². The van der Waals surface area contributed by atoms with Gasteiger partial charge < -0.3 is 5.73 Å². The molecule has 0 heterocycles. The first-order valence-electron chi connectivity index (χ1n) is 5.11. The van der Waals surface area contributed by atoms with E-state index in [4.69, 9.17) is 5.73 Å². The summed E-state index contributed by atoms with van der Waals surface area (Å²) in [7, 11) is 0. The zero-order valence-corrected chi connectivity index (χ0v) is 13.0. The van der Waals surface area contributed by atoms with Gasteiger partial charge in [0.2, 0.25) is 0 Å². The first-order chi connectivity index (χ1) is 9.31. The molecule has 4 nitrogen and oxygen atoms in total. The molecule has 0 spiro atoms. The summed E-state index contributed by atoms with van der Waals surface area (Å²) in [4.78, 5) is 9.55. The number of halogens is 4. The molecule has 0 amide bonds. The highest BCUT2D eigenvalue weighted by Gasteiger charge is 2.07. The van der Waals surface area contributed by atoms with Crippen molar-refractivity contribution in [2.45, 2.75) is 0 Å². The van der Waals surface area contributed by atoms with Crippen LogP contribution in [-0.2, 0) is 0 Å². The average Bonchev–Trinajstić information content (AvgIpc) is 2.38. The highest BCUT2D eigenvalue weighted by molar-refractivity contribution is 9.10. The number of benzene rings is 2. The van der Waals surface area contributed by atoms with Gasteiger partial charge >= 0.3 is 0 Å². The molecule has 2 aromatic rings. The molecule has 8 heteroatoms. The largest absolute Gasteiger partial charge is 0.399 e. The zero-order valence-electron chi connectivity index (χ0n) is 9.82. The summed E-state index contributed by atoms with van der Waals surface area (Å²) in [5.41, 5.74) is 5.76. The number of anilines is 1. The van der Waals surface area contributed by atoms with E-state index in [0.29, 0.717) is 10.2 Å². The predicted molar refractivity (Wildman–Crippen MR) is 79.3 cm³/mol.